The van der Waals surface area contributed by atoms with E-state index >= 15 is 0 Å². The van der Waals surface area contributed by atoms with Crippen molar-refractivity contribution in [2.45, 2.75) is 19.4 Å². The van der Waals surface area contributed by atoms with Gasteiger partial charge in [0.1, 0.15) is 0 Å². The molecule has 0 aliphatic heterocycles. The Morgan fingerprint density at radius 2 is 1.94 bits per heavy atom. The molecule has 0 amide bonds. The van der Waals surface area contributed by atoms with Gasteiger partial charge < -0.3 is 5.73 Å². The zero-order valence-corrected chi connectivity index (χ0v) is 12.5. The SMILES string of the molecule is Cc1cc(Cl)ccc1C(N)Cc1ccccc1Br. The van der Waals surface area contributed by atoms with Crippen molar-refractivity contribution < 1.29 is 0 Å². The Hall–Kier alpha value is -0.830. The third-order valence-electron chi connectivity index (χ3n) is 3.03. The van der Waals surface area contributed by atoms with Crippen molar-refractivity contribution >= 4 is 27.5 Å². The first-order valence-corrected chi connectivity index (χ1v) is 7.00. The summed E-state index contributed by atoms with van der Waals surface area (Å²) in [5.41, 5.74) is 9.79. The minimum Gasteiger partial charge on any atom is -0.324 e. The molecule has 2 rings (SSSR count). The number of hydrogen-bond acceptors (Lipinski definition) is 1. The normalized spacial score (nSPS) is 12.4. The van der Waals surface area contributed by atoms with E-state index in [9.17, 15) is 0 Å². The molecule has 1 unspecified atom stereocenters. The molecule has 1 atom stereocenters. The van der Waals surface area contributed by atoms with E-state index in [1.807, 2.05) is 43.3 Å². The number of nitrogens with two attached hydrogens (primary N) is 1. The lowest BCUT2D eigenvalue weighted by atomic mass is 9.96. The van der Waals surface area contributed by atoms with Gasteiger partial charge in [-0.1, -0.05) is 51.8 Å². The number of hydrogen-bond donors (Lipinski definition) is 1. The molecule has 0 saturated carbocycles. The molecule has 0 saturated heterocycles. The van der Waals surface area contributed by atoms with E-state index < -0.39 is 0 Å². The van der Waals surface area contributed by atoms with Gasteiger partial charge in [0, 0.05) is 15.5 Å². The van der Waals surface area contributed by atoms with E-state index in [4.69, 9.17) is 17.3 Å². The molecule has 0 fully saturated rings. The second-order valence-electron chi connectivity index (χ2n) is 4.40. The van der Waals surface area contributed by atoms with Gasteiger partial charge in [-0.25, -0.2) is 0 Å². The lowest BCUT2D eigenvalue weighted by Crippen LogP contribution is -2.14. The van der Waals surface area contributed by atoms with Gasteiger partial charge >= 0.3 is 0 Å². The average molecular weight is 325 g/mol. The van der Waals surface area contributed by atoms with Crippen molar-refractivity contribution in [2.24, 2.45) is 5.73 Å². The standard InChI is InChI=1S/C15H15BrClN/c1-10-8-12(17)6-7-13(10)15(18)9-11-4-2-3-5-14(11)16/h2-8,15H,9,18H2,1H3. The summed E-state index contributed by atoms with van der Waals surface area (Å²) in [4.78, 5) is 0. The third kappa shape index (κ3) is 3.14. The van der Waals surface area contributed by atoms with Gasteiger partial charge in [0.05, 0.1) is 0 Å². The van der Waals surface area contributed by atoms with Gasteiger partial charge in [-0.05, 0) is 48.2 Å². The predicted molar refractivity (Wildman–Crippen MR) is 81.0 cm³/mol. The molecule has 0 heterocycles. The fourth-order valence-corrected chi connectivity index (χ4v) is 2.74. The highest BCUT2D eigenvalue weighted by Gasteiger charge is 2.11. The van der Waals surface area contributed by atoms with Crippen LogP contribution in [0.15, 0.2) is 46.9 Å². The van der Waals surface area contributed by atoms with Crippen LogP contribution in [0.1, 0.15) is 22.7 Å². The van der Waals surface area contributed by atoms with E-state index in [1.54, 1.807) is 0 Å². The van der Waals surface area contributed by atoms with E-state index in [1.165, 1.54) is 5.56 Å². The minimum atomic E-state index is -0.0130. The topological polar surface area (TPSA) is 26.0 Å². The molecule has 0 aliphatic rings. The fourth-order valence-electron chi connectivity index (χ4n) is 2.07. The summed E-state index contributed by atoms with van der Waals surface area (Å²) < 4.78 is 1.10. The van der Waals surface area contributed by atoms with Crippen LogP contribution >= 0.6 is 27.5 Å². The number of rotatable bonds is 3. The minimum absolute atomic E-state index is 0.0130. The summed E-state index contributed by atoms with van der Waals surface area (Å²) in [6.07, 6.45) is 0.809. The Kier molecular flexibility index (Phi) is 4.44. The van der Waals surface area contributed by atoms with Crippen LogP contribution in [-0.2, 0) is 6.42 Å². The molecule has 94 valence electrons. The summed E-state index contributed by atoms with van der Waals surface area (Å²) in [6, 6.07) is 14.0. The summed E-state index contributed by atoms with van der Waals surface area (Å²) in [5, 5.41) is 0.754. The van der Waals surface area contributed by atoms with Gasteiger partial charge in [0.2, 0.25) is 0 Å². The number of aryl methyl sites for hydroxylation is 1. The lowest BCUT2D eigenvalue weighted by molar-refractivity contribution is 0.715. The molecule has 2 aromatic carbocycles. The van der Waals surface area contributed by atoms with Crippen molar-refractivity contribution in [1.82, 2.24) is 0 Å². The Morgan fingerprint density at radius 1 is 1.22 bits per heavy atom. The summed E-state index contributed by atoms with van der Waals surface area (Å²) in [5.74, 6) is 0. The molecule has 3 heteroatoms. The van der Waals surface area contributed by atoms with Crippen molar-refractivity contribution in [2.75, 3.05) is 0 Å². The van der Waals surface area contributed by atoms with Gasteiger partial charge in [0.15, 0.2) is 0 Å². The van der Waals surface area contributed by atoms with Crippen molar-refractivity contribution in [3.63, 3.8) is 0 Å². The maximum Gasteiger partial charge on any atom is 0.0408 e. The number of halogens is 2. The highest BCUT2D eigenvalue weighted by molar-refractivity contribution is 9.10. The zero-order chi connectivity index (χ0) is 13.1. The Balaban J connectivity index is 2.22. The maximum absolute atomic E-state index is 6.28. The smallest absolute Gasteiger partial charge is 0.0408 e. The van der Waals surface area contributed by atoms with Gasteiger partial charge in [-0.3, -0.25) is 0 Å². The maximum atomic E-state index is 6.28. The average Bonchev–Trinajstić information content (AvgIpc) is 2.32. The first-order valence-electron chi connectivity index (χ1n) is 5.83. The quantitative estimate of drug-likeness (QED) is 0.873. The third-order valence-corrected chi connectivity index (χ3v) is 4.04. The molecule has 18 heavy (non-hydrogen) atoms. The molecule has 0 bridgehead atoms. The first-order chi connectivity index (χ1) is 8.58. The monoisotopic (exact) mass is 323 g/mol. The van der Waals surface area contributed by atoms with Gasteiger partial charge in [-0.15, -0.1) is 0 Å². The largest absolute Gasteiger partial charge is 0.324 e. The van der Waals surface area contributed by atoms with Crippen molar-refractivity contribution in [3.8, 4) is 0 Å². The Bertz CT molecular complexity index is 554. The molecule has 0 aromatic heterocycles. The molecule has 0 spiro atoms. The van der Waals surface area contributed by atoms with E-state index in [2.05, 4.69) is 22.0 Å². The van der Waals surface area contributed by atoms with Crippen LogP contribution in [-0.4, -0.2) is 0 Å². The van der Waals surface area contributed by atoms with E-state index in [-0.39, 0.29) is 6.04 Å². The molecule has 2 aromatic rings. The van der Waals surface area contributed by atoms with Gasteiger partial charge in [-0.2, -0.15) is 0 Å². The van der Waals surface area contributed by atoms with Crippen LogP contribution in [0.4, 0.5) is 0 Å². The van der Waals surface area contributed by atoms with Gasteiger partial charge in [0.25, 0.3) is 0 Å². The van der Waals surface area contributed by atoms with Crippen LogP contribution in [0.25, 0.3) is 0 Å². The lowest BCUT2D eigenvalue weighted by Gasteiger charge is -2.16. The molecule has 2 N–H and O–H groups in total. The highest BCUT2D eigenvalue weighted by Crippen LogP contribution is 2.25. The second-order valence-corrected chi connectivity index (χ2v) is 5.69. The van der Waals surface area contributed by atoms with Crippen LogP contribution in [0.5, 0.6) is 0 Å². The molecular formula is C15H15BrClN. The van der Waals surface area contributed by atoms with Crippen LogP contribution in [0.3, 0.4) is 0 Å². The van der Waals surface area contributed by atoms with Crippen molar-refractivity contribution in [1.29, 1.82) is 0 Å². The summed E-state index contributed by atoms with van der Waals surface area (Å²) >= 11 is 9.51. The first kappa shape index (κ1) is 13.6. The predicted octanol–water partition coefficient (Wildman–Crippen LogP) is 4.65. The van der Waals surface area contributed by atoms with Crippen LogP contribution < -0.4 is 5.73 Å². The van der Waals surface area contributed by atoms with Crippen molar-refractivity contribution in [3.05, 3.63) is 68.7 Å². The number of benzene rings is 2. The zero-order valence-electron chi connectivity index (χ0n) is 10.2. The fraction of sp³-hybridized carbons (Fsp3) is 0.200. The van der Waals surface area contributed by atoms with Crippen LogP contribution in [0, 0.1) is 6.92 Å². The Labute approximate surface area is 121 Å². The molecular weight excluding hydrogens is 310 g/mol. The van der Waals surface area contributed by atoms with E-state index in [0.29, 0.717) is 0 Å². The Morgan fingerprint density at radius 3 is 2.61 bits per heavy atom. The second kappa shape index (κ2) is 5.87. The highest BCUT2D eigenvalue weighted by atomic mass is 79.9. The van der Waals surface area contributed by atoms with Crippen LogP contribution in [0.2, 0.25) is 5.02 Å². The molecule has 0 radical (unpaired) electrons. The molecule has 1 nitrogen and oxygen atoms in total. The summed E-state index contributed by atoms with van der Waals surface area (Å²) in [7, 11) is 0. The summed E-state index contributed by atoms with van der Waals surface area (Å²) in [6.45, 7) is 2.04. The van der Waals surface area contributed by atoms with E-state index in [0.717, 1.165) is 27.0 Å². The molecule has 0 aliphatic carbocycles.